The smallest absolute Gasteiger partial charge is 1.00 e. The third-order valence-corrected chi connectivity index (χ3v) is 12.0. The molecule has 6 heteroatoms. The van der Waals surface area contributed by atoms with E-state index in [0.29, 0.717) is 18.0 Å². The number of hydrogen-bond acceptors (Lipinski definition) is 3. The van der Waals surface area contributed by atoms with Crippen LogP contribution < -0.4 is 45.5 Å². The maximum atomic E-state index is 10.4. The summed E-state index contributed by atoms with van der Waals surface area (Å²) in [5, 5.41) is 13.1. The van der Waals surface area contributed by atoms with Gasteiger partial charge in [0.2, 0.25) is 8.32 Å². The Morgan fingerprint density at radius 1 is 0.667 bits per heavy atom. The van der Waals surface area contributed by atoms with Gasteiger partial charge in [0.1, 0.15) is 5.78 Å². The molecule has 0 heterocycles. The zero-order chi connectivity index (χ0) is 43.2. The Morgan fingerprint density at radius 2 is 1.02 bits per heavy atom. The quantitative estimate of drug-likeness (QED) is 0.0601. The van der Waals surface area contributed by atoms with Crippen molar-refractivity contribution in [2.75, 3.05) is 0 Å². The number of carbonyl (C=O) groups is 1. The molecule has 0 aliphatic heterocycles. The van der Waals surface area contributed by atoms with E-state index >= 15 is 0 Å². The Kier molecular flexibility index (Phi) is 46.0. The van der Waals surface area contributed by atoms with Crippen LogP contribution in [-0.4, -0.2) is 25.3 Å². The van der Waals surface area contributed by atoms with E-state index in [4.69, 9.17) is 9.53 Å². The Labute approximate surface area is 380 Å². The zero-order valence-electron chi connectivity index (χ0n) is 40.6. The molecular formula is C51H88NaO3PSi. The molecule has 0 aliphatic rings. The van der Waals surface area contributed by atoms with Crippen molar-refractivity contribution in [3.05, 3.63) is 116 Å². The Morgan fingerprint density at radius 3 is 1.18 bits per heavy atom. The van der Waals surface area contributed by atoms with Crippen LogP contribution in [0, 0.1) is 11.8 Å². The van der Waals surface area contributed by atoms with E-state index in [2.05, 4.69) is 172 Å². The molecule has 0 saturated heterocycles. The van der Waals surface area contributed by atoms with Crippen molar-refractivity contribution in [3.8, 4) is 0 Å². The molecular weight excluding hydrogens is 743 g/mol. The van der Waals surface area contributed by atoms with Gasteiger partial charge in [0.05, 0.1) is 11.9 Å². The predicted molar refractivity (Wildman–Crippen MR) is 260 cm³/mol. The van der Waals surface area contributed by atoms with Crippen LogP contribution in [0.25, 0.3) is 0 Å². The molecule has 3 atom stereocenters. The van der Waals surface area contributed by atoms with Crippen LogP contribution in [-0.2, 0) is 9.22 Å². The molecule has 0 saturated carbocycles. The van der Waals surface area contributed by atoms with Crippen LogP contribution in [0.2, 0.25) is 19.6 Å². The number of ketones is 1. The summed E-state index contributed by atoms with van der Waals surface area (Å²) < 4.78 is 5.41. The van der Waals surface area contributed by atoms with Crippen LogP contribution in [0.1, 0.15) is 148 Å². The number of Topliss-reactive ketones (excluding diaryl/α,β-unsaturated/α-hetero) is 1. The van der Waals surface area contributed by atoms with Crippen molar-refractivity contribution in [3.63, 3.8) is 0 Å². The molecule has 0 aromatic heterocycles. The summed E-state index contributed by atoms with van der Waals surface area (Å²) >= 11 is 0. The number of aliphatic hydroxyl groups is 1. The zero-order valence-corrected chi connectivity index (χ0v) is 43.5. The molecule has 0 radical (unpaired) electrons. The average molecular weight is 831 g/mol. The number of benzene rings is 3. The van der Waals surface area contributed by atoms with Crippen molar-refractivity contribution in [1.29, 1.82) is 0 Å². The number of carbonyl (C=O) groups excluding carboxylic acids is 1. The standard InChI is InChI=1S/C18H15P.C7H14OSi.2C7H16.C6H14O.C6H12O.Na.H/c1-4-10-16(11-5-1)19(17-12-6-2-7-13-17)18-14-8-3-9-15-18;1-6-7(2)8-9(3,4)5;2*1-4-6-7(3)5-2;2*1-3-5-6(7)4-2;;/h1-15H;6H,1-2H2,3-5H3;2*7H,4-6H2,1-3H3;6-7H,3-5H2,1-2H3;3-5H2,1-2H3;;/q;;;;;;+1;-1. The van der Waals surface area contributed by atoms with Crippen molar-refractivity contribution in [1.82, 2.24) is 0 Å². The summed E-state index contributed by atoms with van der Waals surface area (Å²) in [6.07, 6.45) is 15.2. The maximum Gasteiger partial charge on any atom is 1.00 e. The second-order valence-corrected chi connectivity index (χ2v) is 22.0. The first-order valence-electron chi connectivity index (χ1n) is 21.8. The minimum absolute atomic E-state index is 0. The van der Waals surface area contributed by atoms with Crippen LogP contribution in [0.3, 0.4) is 0 Å². The molecule has 320 valence electrons. The molecule has 3 nitrogen and oxygen atoms in total. The number of allylic oxidation sites excluding steroid dienone is 1. The van der Waals surface area contributed by atoms with Gasteiger partial charge in [-0.1, -0.05) is 218 Å². The number of aliphatic hydroxyl groups excluding tert-OH is 1. The van der Waals surface area contributed by atoms with Crippen LogP contribution in [0.15, 0.2) is 116 Å². The number of hydrogen-bond donors (Lipinski definition) is 1. The summed E-state index contributed by atoms with van der Waals surface area (Å²) in [5.41, 5.74) is 0. The summed E-state index contributed by atoms with van der Waals surface area (Å²) in [6.45, 7) is 35.1. The van der Waals surface area contributed by atoms with Gasteiger partial charge in [-0.05, 0) is 80.7 Å². The minimum Gasteiger partial charge on any atom is -1.00 e. The Balaban J connectivity index is -0.000000207. The van der Waals surface area contributed by atoms with E-state index in [-0.39, 0.29) is 37.1 Å². The normalized spacial score (nSPS) is 11.5. The molecule has 0 aliphatic carbocycles. The summed E-state index contributed by atoms with van der Waals surface area (Å²) in [7, 11) is -1.86. The topological polar surface area (TPSA) is 46.5 Å². The van der Waals surface area contributed by atoms with Gasteiger partial charge in [0.15, 0.2) is 0 Å². The SMILES string of the molecule is C=CC(=C)O[Si](C)(C)C.CCCC(=O)CC.CCCC(C)CC.CCCC(C)CC.CCCC(O)CC.[H-].[Na+].c1ccc(P(c2ccccc2)c2ccccc2)cc1. The fourth-order valence-electron chi connectivity index (χ4n) is 5.00. The van der Waals surface area contributed by atoms with Crippen molar-refractivity contribution in [2.45, 2.75) is 172 Å². The molecule has 0 spiro atoms. The molecule has 0 fully saturated rings. The molecule has 3 aromatic rings. The molecule has 57 heavy (non-hydrogen) atoms. The van der Waals surface area contributed by atoms with E-state index in [1.807, 2.05) is 20.8 Å². The van der Waals surface area contributed by atoms with Gasteiger partial charge in [0.25, 0.3) is 0 Å². The predicted octanol–water partition coefficient (Wildman–Crippen LogP) is 12.1. The van der Waals surface area contributed by atoms with Gasteiger partial charge >= 0.3 is 29.6 Å². The van der Waals surface area contributed by atoms with Crippen molar-refractivity contribution >= 4 is 37.9 Å². The first-order chi connectivity index (χ1) is 26.6. The van der Waals surface area contributed by atoms with E-state index < -0.39 is 16.2 Å². The first kappa shape index (κ1) is 61.9. The molecule has 3 aromatic carbocycles. The van der Waals surface area contributed by atoms with Crippen molar-refractivity contribution < 1.29 is 45.3 Å². The van der Waals surface area contributed by atoms with Crippen LogP contribution in [0.4, 0.5) is 0 Å². The van der Waals surface area contributed by atoms with Crippen LogP contribution in [0.5, 0.6) is 0 Å². The summed E-state index contributed by atoms with van der Waals surface area (Å²) in [6, 6.07) is 32.3. The third kappa shape index (κ3) is 39.4. The van der Waals surface area contributed by atoms with E-state index in [9.17, 15) is 4.79 Å². The Bertz CT molecular complexity index is 1180. The molecule has 1 N–H and O–H groups in total. The molecule has 0 bridgehead atoms. The van der Waals surface area contributed by atoms with Gasteiger partial charge in [-0.3, -0.25) is 4.79 Å². The average Bonchev–Trinajstić information content (AvgIpc) is 3.20. The van der Waals surface area contributed by atoms with E-state index in [0.717, 1.165) is 43.9 Å². The monoisotopic (exact) mass is 831 g/mol. The fraction of sp³-hybridized carbons (Fsp3) is 0.549. The fourth-order valence-corrected chi connectivity index (χ4v) is 8.18. The summed E-state index contributed by atoms with van der Waals surface area (Å²) in [4.78, 5) is 10.4. The van der Waals surface area contributed by atoms with Crippen molar-refractivity contribution in [2.24, 2.45) is 11.8 Å². The van der Waals surface area contributed by atoms with E-state index in [1.165, 1.54) is 54.4 Å². The van der Waals surface area contributed by atoms with Gasteiger partial charge in [-0.15, -0.1) is 0 Å². The van der Waals surface area contributed by atoms with Gasteiger partial charge in [0, 0.05) is 12.8 Å². The Hall–Kier alpha value is -1.78. The van der Waals surface area contributed by atoms with Crippen LogP contribution >= 0.6 is 7.92 Å². The van der Waals surface area contributed by atoms with Gasteiger partial charge in [-0.2, -0.15) is 0 Å². The molecule has 0 amide bonds. The second-order valence-electron chi connectivity index (χ2n) is 15.3. The second kappa shape index (κ2) is 42.3. The molecule has 3 rings (SSSR count). The third-order valence-electron chi connectivity index (χ3n) is 8.68. The molecule has 3 unspecified atom stereocenters. The summed E-state index contributed by atoms with van der Waals surface area (Å²) in [5.74, 6) is 2.96. The van der Waals surface area contributed by atoms with E-state index in [1.54, 1.807) is 6.08 Å². The maximum absolute atomic E-state index is 10.4. The van der Waals surface area contributed by atoms with Gasteiger partial charge < -0.3 is 11.0 Å². The first-order valence-corrected chi connectivity index (χ1v) is 26.5. The largest absolute Gasteiger partial charge is 1.00 e. The minimum atomic E-state index is -1.41. The van der Waals surface area contributed by atoms with Gasteiger partial charge in [-0.25, -0.2) is 0 Å². The number of rotatable bonds is 18.